The van der Waals surface area contributed by atoms with Crippen molar-refractivity contribution in [3.63, 3.8) is 0 Å². The molecule has 5 N–H and O–H groups in total. The van der Waals surface area contributed by atoms with Gasteiger partial charge in [0.2, 0.25) is 0 Å². The number of carbonyl (C=O) groups is 1. The number of aliphatic hydroxyl groups is 1. The van der Waals surface area contributed by atoms with Gasteiger partial charge >= 0.3 is 0 Å². The van der Waals surface area contributed by atoms with Gasteiger partial charge < -0.3 is 16.6 Å². The number of aryl methyl sites for hydroxylation is 2. The van der Waals surface area contributed by atoms with Crippen molar-refractivity contribution in [2.24, 2.45) is 5.73 Å². The number of nitrogen functional groups attached to an aromatic ring is 1. The summed E-state index contributed by atoms with van der Waals surface area (Å²) in [7, 11) is 0. The number of aliphatic hydroxyl groups excluding tert-OH is 1. The molecule has 5 heteroatoms. The lowest BCUT2D eigenvalue weighted by atomic mass is 9.82. The Kier molecular flexibility index (Phi) is 10.2. The second-order valence-corrected chi connectivity index (χ2v) is 8.71. The average molecular weight is 426 g/mol. The van der Waals surface area contributed by atoms with Gasteiger partial charge in [0, 0.05) is 29.9 Å². The molecule has 0 amide bonds. The van der Waals surface area contributed by atoms with Crippen molar-refractivity contribution in [2.45, 2.75) is 57.9 Å². The van der Waals surface area contributed by atoms with Crippen LogP contribution in [0.2, 0.25) is 0 Å². The topological polar surface area (TPSA) is 92.6 Å². The lowest BCUT2D eigenvalue weighted by Gasteiger charge is -2.45. The maximum atomic E-state index is 11.4. The van der Waals surface area contributed by atoms with Gasteiger partial charge in [-0.05, 0) is 87.4 Å². The standard InChI is InChI=1S/C24H32N2O.C2H7NO/c1-19-7-3-4-8-20(19)12-16-26-15-6-5-13-24(26,2)14-11-21-17-23(25)10-9-22(21)18-27;3-1-2-4/h3-4,7-10,17-18H,5-6,11-16,25H2,1-2H3;4H,1-3H2. The van der Waals surface area contributed by atoms with E-state index in [0.717, 1.165) is 48.9 Å². The van der Waals surface area contributed by atoms with Crippen molar-refractivity contribution in [3.8, 4) is 0 Å². The predicted octanol–water partition coefficient (Wildman–Crippen LogP) is 3.75. The monoisotopic (exact) mass is 425 g/mol. The fourth-order valence-electron chi connectivity index (χ4n) is 4.41. The molecule has 1 fully saturated rings. The molecule has 1 aliphatic heterocycles. The second-order valence-electron chi connectivity index (χ2n) is 8.71. The van der Waals surface area contributed by atoms with E-state index in [1.54, 1.807) is 0 Å². The van der Waals surface area contributed by atoms with Crippen molar-refractivity contribution < 1.29 is 9.90 Å². The summed E-state index contributed by atoms with van der Waals surface area (Å²) in [6, 6.07) is 14.3. The van der Waals surface area contributed by atoms with Gasteiger partial charge in [-0.1, -0.05) is 30.7 Å². The molecule has 0 bridgehead atoms. The Bertz CT molecular complexity index is 822. The third-order valence-corrected chi connectivity index (χ3v) is 6.43. The zero-order valence-electron chi connectivity index (χ0n) is 19.1. The minimum Gasteiger partial charge on any atom is -0.399 e. The van der Waals surface area contributed by atoms with Crippen LogP contribution in [0.4, 0.5) is 5.69 Å². The molecule has 0 aliphatic carbocycles. The van der Waals surface area contributed by atoms with Crippen LogP contribution in [0.25, 0.3) is 0 Å². The smallest absolute Gasteiger partial charge is 0.150 e. The van der Waals surface area contributed by atoms with Gasteiger partial charge in [-0.2, -0.15) is 0 Å². The zero-order chi connectivity index (χ0) is 22.7. The lowest BCUT2D eigenvalue weighted by Crippen LogP contribution is -2.50. The highest BCUT2D eigenvalue weighted by atomic mass is 16.3. The number of anilines is 1. The van der Waals surface area contributed by atoms with E-state index in [-0.39, 0.29) is 12.1 Å². The minimum absolute atomic E-state index is 0.0972. The van der Waals surface area contributed by atoms with Gasteiger partial charge in [0.15, 0.2) is 0 Å². The summed E-state index contributed by atoms with van der Waals surface area (Å²) in [4.78, 5) is 14.1. The third kappa shape index (κ3) is 7.46. The largest absolute Gasteiger partial charge is 0.399 e. The molecule has 3 rings (SSSR count). The Labute approximate surface area is 187 Å². The predicted molar refractivity (Wildman–Crippen MR) is 129 cm³/mol. The molecular weight excluding hydrogens is 386 g/mol. The SMILES string of the molecule is Cc1ccccc1CCN1CCCCC1(C)CCc1cc(N)ccc1C=O.NCCO. The number of nitrogens with zero attached hydrogens (tertiary/aromatic N) is 1. The molecule has 1 saturated heterocycles. The number of aldehydes is 1. The first-order valence-corrected chi connectivity index (χ1v) is 11.4. The summed E-state index contributed by atoms with van der Waals surface area (Å²) in [5.41, 5.74) is 16.3. The quantitative estimate of drug-likeness (QED) is 0.442. The molecule has 5 nitrogen and oxygen atoms in total. The van der Waals surface area contributed by atoms with Crippen molar-refractivity contribution >= 4 is 12.0 Å². The van der Waals surface area contributed by atoms with Gasteiger partial charge in [0.05, 0.1) is 6.61 Å². The van der Waals surface area contributed by atoms with E-state index < -0.39 is 0 Å². The van der Waals surface area contributed by atoms with Gasteiger partial charge in [-0.3, -0.25) is 9.69 Å². The van der Waals surface area contributed by atoms with Crippen LogP contribution < -0.4 is 11.5 Å². The van der Waals surface area contributed by atoms with Crippen LogP contribution in [0.1, 0.15) is 59.7 Å². The Morgan fingerprint density at radius 2 is 1.87 bits per heavy atom. The second kappa shape index (κ2) is 12.6. The molecule has 1 atom stereocenters. The van der Waals surface area contributed by atoms with Crippen LogP contribution in [0.15, 0.2) is 42.5 Å². The average Bonchev–Trinajstić information content (AvgIpc) is 2.78. The summed E-state index contributed by atoms with van der Waals surface area (Å²) in [6.07, 6.45) is 7.80. The molecule has 1 heterocycles. The molecule has 1 unspecified atom stereocenters. The summed E-state index contributed by atoms with van der Waals surface area (Å²) in [6.45, 7) is 7.33. The van der Waals surface area contributed by atoms with E-state index >= 15 is 0 Å². The van der Waals surface area contributed by atoms with E-state index in [9.17, 15) is 4.79 Å². The molecule has 0 saturated carbocycles. The van der Waals surface area contributed by atoms with Crippen LogP contribution in [0, 0.1) is 6.92 Å². The van der Waals surface area contributed by atoms with Gasteiger partial charge in [-0.25, -0.2) is 0 Å². The molecule has 1 aliphatic rings. The molecule has 31 heavy (non-hydrogen) atoms. The normalized spacial score (nSPS) is 18.8. The maximum Gasteiger partial charge on any atom is 0.150 e. The molecule has 2 aromatic rings. The highest BCUT2D eigenvalue weighted by Crippen LogP contribution is 2.33. The van der Waals surface area contributed by atoms with Gasteiger partial charge in [0.1, 0.15) is 6.29 Å². The summed E-state index contributed by atoms with van der Waals surface area (Å²) < 4.78 is 0. The van der Waals surface area contributed by atoms with E-state index in [4.69, 9.17) is 16.6 Å². The van der Waals surface area contributed by atoms with E-state index in [2.05, 4.69) is 43.0 Å². The molecule has 0 aromatic heterocycles. The van der Waals surface area contributed by atoms with Crippen LogP contribution in [0.3, 0.4) is 0 Å². The number of nitrogens with two attached hydrogens (primary N) is 2. The zero-order valence-corrected chi connectivity index (χ0v) is 19.1. The number of benzene rings is 2. The maximum absolute atomic E-state index is 11.4. The first-order valence-electron chi connectivity index (χ1n) is 11.4. The van der Waals surface area contributed by atoms with Crippen LogP contribution in [-0.2, 0) is 12.8 Å². The Hall–Kier alpha value is -2.21. The highest BCUT2D eigenvalue weighted by Gasteiger charge is 2.33. The van der Waals surface area contributed by atoms with Crippen molar-refractivity contribution in [1.82, 2.24) is 4.90 Å². The number of piperidine rings is 1. The molecule has 0 radical (unpaired) electrons. The number of hydrogen-bond donors (Lipinski definition) is 3. The van der Waals surface area contributed by atoms with E-state index in [0.29, 0.717) is 6.54 Å². The number of rotatable bonds is 8. The van der Waals surface area contributed by atoms with Gasteiger partial charge in [0.25, 0.3) is 0 Å². The van der Waals surface area contributed by atoms with Crippen molar-refractivity contribution in [1.29, 1.82) is 0 Å². The van der Waals surface area contributed by atoms with Crippen molar-refractivity contribution in [3.05, 3.63) is 64.7 Å². The van der Waals surface area contributed by atoms with Crippen LogP contribution >= 0.6 is 0 Å². The Morgan fingerprint density at radius 3 is 2.55 bits per heavy atom. The first kappa shape index (κ1) is 25.1. The van der Waals surface area contributed by atoms with E-state index in [1.807, 2.05) is 18.2 Å². The summed E-state index contributed by atoms with van der Waals surface area (Å²) >= 11 is 0. The highest BCUT2D eigenvalue weighted by molar-refractivity contribution is 5.78. The van der Waals surface area contributed by atoms with E-state index in [1.165, 1.54) is 36.9 Å². The molecular formula is C26H39N3O2. The fraction of sp³-hybridized carbons (Fsp3) is 0.500. The summed E-state index contributed by atoms with van der Waals surface area (Å²) in [5, 5.41) is 7.75. The van der Waals surface area contributed by atoms with Gasteiger partial charge in [-0.15, -0.1) is 0 Å². The number of likely N-dealkylation sites (tertiary alicyclic amines) is 1. The lowest BCUT2D eigenvalue weighted by molar-refractivity contribution is 0.0552. The van der Waals surface area contributed by atoms with Crippen molar-refractivity contribution in [2.75, 3.05) is 32.0 Å². The van der Waals surface area contributed by atoms with Crippen LogP contribution in [0.5, 0.6) is 0 Å². The molecule has 0 spiro atoms. The minimum atomic E-state index is 0.0972. The molecule has 2 aromatic carbocycles. The molecule has 170 valence electrons. The number of carbonyl (C=O) groups excluding carboxylic acids is 1. The fourth-order valence-corrected chi connectivity index (χ4v) is 4.41. The van der Waals surface area contributed by atoms with Crippen LogP contribution in [-0.4, -0.2) is 48.1 Å². The third-order valence-electron chi connectivity index (χ3n) is 6.43. The Balaban J connectivity index is 0.000000785. The first-order chi connectivity index (χ1) is 14.9. The number of hydrogen-bond acceptors (Lipinski definition) is 5. The summed E-state index contributed by atoms with van der Waals surface area (Å²) in [5.74, 6) is 0. The Morgan fingerprint density at radius 1 is 1.13 bits per heavy atom.